The molecular weight excluding hydrogens is 234 g/mol. The second-order valence-electron chi connectivity index (χ2n) is 4.86. The monoisotopic (exact) mass is 251 g/mol. The van der Waals surface area contributed by atoms with Crippen LogP contribution in [-0.2, 0) is 4.79 Å². The number of nitrogens with zero attached hydrogens (tertiary/aromatic N) is 2. The summed E-state index contributed by atoms with van der Waals surface area (Å²) in [5.41, 5.74) is 0. The third-order valence-corrected chi connectivity index (χ3v) is 4.31. The van der Waals surface area contributed by atoms with Crippen LogP contribution in [0.1, 0.15) is 25.7 Å². The molecule has 0 aromatic carbocycles. The van der Waals surface area contributed by atoms with Crippen LogP contribution in [0.2, 0.25) is 0 Å². The molecule has 92 valence electrons. The van der Waals surface area contributed by atoms with E-state index >= 15 is 0 Å². The van der Waals surface area contributed by atoms with Gasteiger partial charge < -0.3 is 10.2 Å². The van der Waals surface area contributed by atoms with E-state index in [1.165, 1.54) is 12.8 Å². The summed E-state index contributed by atoms with van der Waals surface area (Å²) < 4.78 is 0. The first-order chi connectivity index (χ1) is 8.33. The minimum absolute atomic E-state index is 0.215. The minimum Gasteiger partial charge on any atom is -0.353 e. The highest BCUT2D eigenvalue weighted by Gasteiger charge is 2.30. The Bertz CT molecular complexity index is 380. The molecule has 1 aliphatic heterocycles. The van der Waals surface area contributed by atoms with Crippen molar-refractivity contribution >= 4 is 22.4 Å². The first-order valence-electron chi connectivity index (χ1n) is 6.28. The molecule has 0 atom stereocenters. The van der Waals surface area contributed by atoms with Crippen LogP contribution in [0.25, 0.3) is 0 Å². The summed E-state index contributed by atoms with van der Waals surface area (Å²) in [6.45, 7) is 1.91. The predicted octanol–water partition coefficient (Wildman–Crippen LogP) is 1.64. The summed E-state index contributed by atoms with van der Waals surface area (Å²) >= 11 is 1.67. The predicted molar refractivity (Wildman–Crippen MR) is 68.2 cm³/mol. The second-order valence-corrected chi connectivity index (χ2v) is 5.73. The summed E-state index contributed by atoms with van der Waals surface area (Å²) in [4.78, 5) is 18.5. The maximum Gasteiger partial charge on any atom is 0.223 e. The van der Waals surface area contributed by atoms with E-state index < -0.39 is 0 Å². The quantitative estimate of drug-likeness (QED) is 0.888. The highest BCUT2D eigenvalue weighted by molar-refractivity contribution is 7.13. The first kappa shape index (κ1) is 11.0. The van der Waals surface area contributed by atoms with E-state index in [4.69, 9.17) is 0 Å². The Labute approximate surface area is 105 Å². The molecule has 1 aromatic heterocycles. The van der Waals surface area contributed by atoms with Crippen LogP contribution in [0, 0.1) is 5.92 Å². The lowest BCUT2D eigenvalue weighted by Crippen LogP contribution is -2.41. The highest BCUT2D eigenvalue weighted by Crippen LogP contribution is 2.26. The van der Waals surface area contributed by atoms with E-state index in [-0.39, 0.29) is 11.8 Å². The van der Waals surface area contributed by atoms with Gasteiger partial charge in [0.25, 0.3) is 0 Å². The number of hydrogen-bond donors (Lipinski definition) is 1. The van der Waals surface area contributed by atoms with Crippen LogP contribution in [0.4, 0.5) is 5.13 Å². The maximum atomic E-state index is 11.9. The largest absolute Gasteiger partial charge is 0.353 e. The molecule has 2 fully saturated rings. The lowest BCUT2D eigenvalue weighted by molar-refractivity contribution is -0.125. The number of amides is 1. The molecule has 1 aromatic rings. The number of carbonyl (C=O) groups is 1. The number of thiazole rings is 1. The molecule has 1 saturated heterocycles. The second kappa shape index (κ2) is 4.64. The first-order valence-corrected chi connectivity index (χ1v) is 7.16. The minimum atomic E-state index is 0.215. The van der Waals surface area contributed by atoms with Crippen LogP contribution in [0.15, 0.2) is 11.6 Å². The van der Waals surface area contributed by atoms with Crippen molar-refractivity contribution < 1.29 is 4.79 Å². The Kier molecular flexibility index (Phi) is 3.01. The number of aromatic nitrogens is 1. The Morgan fingerprint density at radius 2 is 2.12 bits per heavy atom. The maximum absolute atomic E-state index is 11.9. The number of piperidine rings is 1. The van der Waals surface area contributed by atoms with Gasteiger partial charge in [-0.25, -0.2) is 4.98 Å². The van der Waals surface area contributed by atoms with Gasteiger partial charge in [-0.2, -0.15) is 0 Å². The van der Waals surface area contributed by atoms with Crippen LogP contribution >= 0.6 is 11.3 Å². The van der Waals surface area contributed by atoms with E-state index in [0.717, 1.165) is 31.1 Å². The van der Waals surface area contributed by atoms with Crippen LogP contribution in [0.5, 0.6) is 0 Å². The van der Waals surface area contributed by atoms with Gasteiger partial charge in [0, 0.05) is 36.6 Å². The molecular formula is C12H17N3OS. The standard InChI is InChI=1S/C12H17N3OS/c16-11(14-10-1-2-10)9-3-6-15(7-4-9)12-13-5-8-17-12/h5,8-10H,1-4,6-7H2,(H,14,16). The fourth-order valence-electron chi connectivity index (χ4n) is 2.25. The fourth-order valence-corrected chi connectivity index (χ4v) is 2.95. The summed E-state index contributed by atoms with van der Waals surface area (Å²) in [6.07, 6.45) is 6.09. The van der Waals surface area contributed by atoms with Crippen molar-refractivity contribution in [3.63, 3.8) is 0 Å². The Morgan fingerprint density at radius 1 is 1.35 bits per heavy atom. The van der Waals surface area contributed by atoms with Gasteiger partial charge >= 0.3 is 0 Å². The summed E-state index contributed by atoms with van der Waals surface area (Å²) in [5, 5.41) is 6.19. The van der Waals surface area contributed by atoms with Crippen molar-refractivity contribution in [1.29, 1.82) is 0 Å². The normalized spacial score (nSPS) is 21.5. The van der Waals surface area contributed by atoms with E-state index in [0.29, 0.717) is 6.04 Å². The number of anilines is 1. The molecule has 17 heavy (non-hydrogen) atoms. The molecule has 2 aliphatic rings. The zero-order valence-corrected chi connectivity index (χ0v) is 10.6. The highest BCUT2D eigenvalue weighted by atomic mass is 32.1. The molecule has 0 radical (unpaired) electrons. The number of hydrogen-bond acceptors (Lipinski definition) is 4. The average Bonchev–Trinajstić information content (AvgIpc) is 3.00. The summed E-state index contributed by atoms with van der Waals surface area (Å²) in [6, 6.07) is 0.486. The molecule has 5 heteroatoms. The molecule has 0 bridgehead atoms. The van der Waals surface area contributed by atoms with Crippen molar-refractivity contribution in [1.82, 2.24) is 10.3 Å². The van der Waals surface area contributed by atoms with Crippen LogP contribution in [0.3, 0.4) is 0 Å². The molecule has 0 spiro atoms. The van der Waals surface area contributed by atoms with Crippen LogP contribution in [-0.4, -0.2) is 30.0 Å². The van der Waals surface area contributed by atoms with E-state index in [1.54, 1.807) is 11.3 Å². The van der Waals surface area contributed by atoms with Gasteiger partial charge in [-0.3, -0.25) is 4.79 Å². The topological polar surface area (TPSA) is 45.2 Å². The third kappa shape index (κ3) is 2.60. The average molecular weight is 251 g/mol. The molecule has 2 heterocycles. The SMILES string of the molecule is O=C(NC1CC1)C1CCN(c2nccs2)CC1. The molecule has 1 saturated carbocycles. The molecule has 1 amide bonds. The number of rotatable bonds is 3. The van der Waals surface area contributed by atoms with E-state index in [1.807, 2.05) is 11.6 Å². The fraction of sp³-hybridized carbons (Fsp3) is 0.667. The zero-order valence-electron chi connectivity index (χ0n) is 9.76. The summed E-state index contributed by atoms with van der Waals surface area (Å²) in [5.74, 6) is 0.484. The van der Waals surface area contributed by atoms with Crippen molar-refractivity contribution in [3.8, 4) is 0 Å². The van der Waals surface area contributed by atoms with Gasteiger partial charge in [-0.05, 0) is 25.7 Å². The molecule has 1 N–H and O–H groups in total. The van der Waals surface area contributed by atoms with Gasteiger partial charge in [0.05, 0.1) is 0 Å². The van der Waals surface area contributed by atoms with Crippen molar-refractivity contribution in [2.75, 3.05) is 18.0 Å². The van der Waals surface area contributed by atoms with Gasteiger partial charge in [0.2, 0.25) is 5.91 Å². The molecule has 1 aliphatic carbocycles. The van der Waals surface area contributed by atoms with Gasteiger partial charge in [-0.1, -0.05) is 0 Å². The number of carbonyl (C=O) groups excluding carboxylic acids is 1. The van der Waals surface area contributed by atoms with Gasteiger partial charge in [0.15, 0.2) is 5.13 Å². The lowest BCUT2D eigenvalue weighted by atomic mass is 9.96. The zero-order chi connectivity index (χ0) is 11.7. The lowest BCUT2D eigenvalue weighted by Gasteiger charge is -2.31. The van der Waals surface area contributed by atoms with Crippen molar-refractivity contribution in [2.24, 2.45) is 5.92 Å². The smallest absolute Gasteiger partial charge is 0.223 e. The van der Waals surface area contributed by atoms with E-state index in [2.05, 4.69) is 15.2 Å². The van der Waals surface area contributed by atoms with Gasteiger partial charge in [-0.15, -0.1) is 11.3 Å². The summed E-state index contributed by atoms with van der Waals surface area (Å²) in [7, 11) is 0. The Balaban J connectivity index is 1.51. The van der Waals surface area contributed by atoms with E-state index in [9.17, 15) is 4.79 Å². The molecule has 4 nitrogen and oxygen atoms in total. The number of nitrogens with one attached hydrogen (secondary N) is 1. The molecule has 3 rings (SSSR count). The Hall–Kier alpha value is -1.10. The Morgan fingerprint density at radius 3 is 2.71 bits per heavy atom. The van der Waals surface area contributed by atoms with Gasteiger partial charge in [0.1, 0.15) is 0 Å². The van der Waals surface area contributed by atoms with Crippen LogP contribution < -0.4 is 10.2 Å². The van der Waals surface area contributed by atoms with Crippen molar-refractivity contribution in [2.45, 2.75) is 31.7 Å². The van der Waals surface area contributed by atoms with Crippen molar-refractivity contribution in [3.05, 3.63) is 11.6 Å². The molecule has 0 unspecified atom stereocenters. The third-order valence-electron chi connectivity index (χ3n) is 3.48.